The Morgan fingerprint density at radius 1 is 1.12 bits per heavy atom. The van der Waals surface area contributed by atoms with Crippen LogP contribution < -0.4 is 14.8 Å². The fraction of sp³-hybridized carbons (Fsp3) is 0.278. The van der Waals surface area contributed by atoms with E-state index in [1.807, 2.05) is 30.1 Å². The minimum atomic E-state index is -0.149. The molecule has 1 amide bonds. The van der Waals surface area contributed by atoms with Gasteiger partial charge in [-0.3, -0.25) is 9.69 Å². The highest BCUT2D eigenvalue weighted by atomic mass is 35.5. The Bertz CT molecular complexity index is 783. The molecule has 0 aliphatic carbocycles. The molecule has 0 radical (unpaired) electrons. The van der Waals surface area contributed by atoms with E-state index in [0.717, 1.165) is 17.1 Å². The fourth-order valence-electron chi connectivity index (χ4n) is 2.58. The van der Waals surface area contributed by atoms with Crippen molar-refractivity contribution in [2.75, 3.05) is 32.1 Å². The van der Waals surface area contributed by atoms with Crippen LogP contribution in [0.4, 0.5) is 5.69 Å². The van der Waals surface area contributed by atoms with E-state index in [2.05, 4.69) is 5.32 Å². The normalized spacial score (nSPS) is 13.0. The second-order valence-corrected chi connectivity index (χ2v) is 6.67. The number of anilines is 1. The molecule has 1 heterocycles. The van der Waals surface area contributed by atoms with Crippen molar-refractivity contribution < 1.29 is 14.3 Å². The number of likely N-dealkylation sites (N-methyl/N-ethyl adjacent to an activating group) is 1. The standard InChI is InChI=1S/C18H18Cl2N2O3/c1-22(10-12-2-5-16-17(8-12)25-7-6-24-16)11-18(23)21-15-4-3-13(19)9-14(15)20/h2-5,8-9H,6-7,10-11H2,1H3,(H,21,23). The van der Waals surface area contributed by atoms with E-state index in [-0.39, 0.29) is 12.5 Å². The van der Waals surface area contributed by atoms with E-state index in [0.29, 0.717) is 35.5 Å². The molecule has 1 aliphatic heterocycles. The molecule has 5 nitrogen and oxygen atoms in total. The molecule has 0 fully saturated rings. The van der Waals surface area contributed by atoms with Crippen molar-refractivity contribution in [3.05, 3.63) is 52.0 Å². The summed E-state index contributed by atoms with van der Waals surface area (Å²) in [6.07, 6.45) is 0. The predicted molar refractivity (Wildman–Crippen MR) is 98.9 cm³/mol. The first kappa shape index (κ1) is 17.9. The first-order valence-corrected chi connectivity index (χ1v) is 8.59. The number of carbonyl (C=O) groups is 1. The monoisotopic (exact) mass is 380 g/mol. The van der Waals surface area contributed by atoms with Crippen LogP contribution in [0.1, 0.15) is 5.56 Å². The maximum atomic E-state index is 12.2. The first-order chi connectivity index (χ1) is 12.0. The van der Waals surface area contributed by atoms with Crippen molar-refractivity contribution in [1.29, 1.82) is 0 Å². The first-order valence-electron chi connectivity index (χ1n) is 7.83. The van der Waals surface area contributed by atoms with Crippen molar-refractivity contribution in [2.45, 2.75) is 6.54 Å². The van der Waals surface area contributed by atoms with Crippen LogP contribution in [0.2, 0.25) is 10.0 Å². The molecule has 7 heteroatoms. The highest BCUT2D eigenvalue weighted by molar-refractivity contribution is 6.36. The summed E-state index contributed by atoms with van der Waals surface area (Å²) in [6.45, 7) is 1.96. The highest BCUT2D eigenvalue weighted by Crippen LogP contribution is 2.31. The number of carbonyl (C=O) groups excluding carboxylic acids is 1. The summed E-state index contributed by atoms with van der Waals surface area (Å²) < 4.78 is 11.1. The van der Waals surface area contributed by atoms with Crippen LogP contribution in [0.3, 0.4) is 0 Å². The quantitative estimate of drug-likeness (QED) is 0.855. The zero-order valence-electron chi connectivity index (χ0n) is 13.7. The number of rotatable bonds is 5. The van der Waals surface area contributed by atoms with Crippen LogP contribution in [0.25, 0.3) is 0 Å². The number of nitrogens with one attached hydrogen (secondary N) is 1. The number of hydrogen-bond acceptors (Lipinski definition) is 4. The zero-order chi connectivity index (χ0) is 17.8. The lowest BCUT2D eigenvalue weighted by atomic mass is 10.2. The smallest absolute Gasteiger partial charge is 0.238 e. The number of nitrogens with zero attached hydrogens (tertiary/aromatic N) is 1. The Morgan fingerprint density at radius 2 is 1.88 bits per heavy atom. The fourth-order valence-corrected chi connectivity index (χ4v) is 3.04. The van der Waals surface area contributed by atoms with Gasteiger partial charge in [-0.25, -0.2) is 0 Å². The van der Waals surface area contributed by atoms with Crippen LogP contribution in [0.15, 0.2) is 36.4 Å². The Labute approximate surface area is 156 Å². The Kier molecular flexibility index (Phi) is 5.68. The molecule has 1 aliphatic rings. The van der Waals surface area contributed by atoms with Gasteiger partial charge in [0.25, 0.3) is 0 Å². The lowest BCUT2D eigenvalue weighted by molar-refractivity contribution is -0.117. The maximum Gasteiger partial charge on any atom is 0.238 e. The lowest BCUT2D eigenvalue weighted by Gasteiger charge is -2.21. The van der Waals surface area contributed by atoms with Gasteiger partial charge in [0, 0.05) is 11.6 Å². The topological polar surface area (TPSA) is 50.8 Å². The Balaban J connectivity index is 1.56. The molecular weight excluding hydrogens is 363 g/mol. The summed E-state index contributed by atoms with van der Waals surface area (Å²) in [7, 11) is 1.87. The van der Waals surface area contributed by atoms with Crippen LogP contribution in [0, 0.1) is 0 Å². The van der Waals surface area contributed by atoms with Gasteiger partial charge in [0.15, 0.2) is 11.5 Å². The van der Waals surface area contributed by atoms with Gasteiger partial charge < -0.3 is 14.8 Å². The Hall–Kier alpha value is -1.95. The minimum Gasteiger partial charge on any atom is -0.486 e. The van der Waals surface area contributed by atoms with Gasteiger partial charge in [0.05, 0.1) is 17.3 Å². The van der Waals surface area contributed by atoms with Crippen LogP contribution in [-0.4, -0.2) is 37.6 Å². The lowest BCUT2D eigenvalue weighted by Crippen LogP contribution is -2.30. The number of amides is 1. The molecule has 0 unspecified atom stereocenters. The largest absolute Gasteiger partial charge is 0.486 e. The summed E-state index contributed by atoms with van der Waals surface area (Å²) in [5, 5.41) is 3.73. The molecule has 0 saturated heterocycles. The molecule has 2 aromatic rings. The van der Waals surface area contributed by atoms with Gasteiger partial charge in [-0.05, 0) is 42.9 Å². The third kappa shape index (κ3) is 4.78. The Morgan fingerprint density at radius 3 is 2.64 bits per heavy atom. The second-order valence-electron chi connectivity index (χ2n) is 5.82. The van der Waals surface area contributed by atoms with Gasteiger partial charge in [0.1, 0.15) is 13.2 Å². The summed E-state index contributed by atoms with van der Waals surface area (Å²) in [6, 6.07) is 10.8. The average molecular weight is 381 g/mol. The van der Waals surface area contributed by atoms with Crippen molar-refractivity contribution in [1.82, 2.24) is 4.90 Å². The van der Waals surface area contributed by atoms with Crippen molar-refractivity contribution in [3.8, 4) is 11.5 Å². The number of fused-ring (bicyclic) bond motifs is 1. The molecule has 25 heavy (non-hydrogen) atoms. The molecule has 0 saturated carbocycles. The van der Waals surface area contributed by atoms with Crippen molar-refractivity contribution >= 4 is 34.8 Å². The number of halogens is 2. The van der Waals surface area contributed by atoms with Crippen molar-refractivity contribution in [3.63, 3.8) is 0 Å². The zero-order valence-corrected chi connectivity index (χ0v) is 15.2. The van der Waals surface area contributed by atoms with Gasteiger partial charge in [-0.2, -0.15) is 0 Å². The number of hydrogen-bond donors (Lipinski definition) is 1. The second kappa shape index (κ2) is 7.95. The number of benzene rings is 2. The van der Waals surface area contributed by atoms with Gasteiger partial charge >= 0.3 is 0 Å². The summed E-state index contributed by atoms with van der Waals surface area (Å²) >= 11 is 11.9. The van der Waals surface area contributed by atoms with Gasteiger partial charge in [-0.1, -0.05) is 29.3 Å². The van der Waals surface area contributed by atoms with E-state index >= 15 is 0 Å². The summed E-state index contributed by atoms with van der Waals surface area (Å²) in [5.74, 6) is 1.35. The van der Waals surface area contributed by atoms with E-state index < -0.39 is 0 Å². The molecule has 1 N–H and O–H groups in total. The third-order valence-electron chi connectivity index (χ3n) is 3.68. The van der Waals surface area contributed by atoms with Gasteiger partial charge in [0.2, 0.25) is 5.91 Å². The SMILES string of the molecule is CN(CC(=O)Nc1ccc(Cl)cc1Cl)Cc1ccc2c(c1)OCCO2. The van der Waals surface area contributed by atoms with Crippen LogP contribution in [-0.2, 0) is 11.3 Å². The molecule has 0 spiro atoms. The van der Waals surface area contributed by atoms with Gasteiger partial charge in [-0.15, -0.1) is 0 Å². The molecule has 0 bridgehead atoms. The molecule has 132 valence electrons. The highest BCUT2D eigenvalue weighted by Gasteiger charge is 2.14. The van der Waals surface area contributed by atoms with Crippen LogP contribution in [0.5, 0.6) is 11.5 Å². The van der Waals surface area contributed by atoms with E-state index in [9.17, 15) is 4.79 Å². The molecule has 0 aromatic heterocycles. The van der Waals surface area contributed by atoms with E-state index in [1.54, 1.807) is 18.2 Å². The summed E-state index contributed by atoms with van der Waals surface area (Å²) in [4.78, 5) is 14.1. The maximum absolute atomic E-state index is 12.2. The molecule has 0 atom stereocenters. The summed E-state index contributed by atoms with van der Waals surface area (Å²) in [5.41, 5.74) is 1.59. The van der Waals surface area contributed by atoms with Crippen molar-refractivity contribution in [2.24, 2.45) is 0 Å². The molecule has 3 rings (SSSR count). The third-order valence-corrected chi connectivity index (χ3v) is 4.23. The number of ether oxygens (including phenoxy) is 2. The minimum absolute atomic E-state index is 0.149. The molecular formula is C18H18Cl2N2O3. The van der Waals surface area contributed by atoms with Crippen LogP contribution >= 0.6 is 23.2 Å². The van der Waals surface area contributed by atoms with E-state index in [1.165, 1.54) is 0 Å². The average Bonchev–Trinajstić information content (AvgIpc) is 2.57. The molecule has 2 aromatic carbocycles. The predicted octanol–water partition coefficient (Wildman–Crippen LogP) is 3.84. The van der Waals surface area contributed by atoms with E-state index in [4.69, 9.17) is 32.7 Å².